The third-order valence-electron chi connectivity index (χ3n) is 4.10. The molecule has 24 heavy (non-hydrogen) atoms. The van der Waals surface area contributed by atoms with E-state index in [1.165, 1.54) is 7.05 Å². The molecule has 8 unspecified atom stereocenters. The predicted molar refractivity (Wildman–Crippen MR) is 70.8 cm³/mol. The molecule has 2 saturated heterocycles. The first-order valence-electron chi connectivity index (χ1n) is 7.31. The van der Waals surface area contributed by atoms with Crippen LogP contribution in [0.1, 0.15) is 13.8 Å². The van der Waals surface area contributed by atoms with Crippen LogP contribution in [0.5, 0.6) is 0 Å². The normalized spacial score (nSPS) is 37.0. The van der Waals surface area contributed by atoms with E-state index < -0.39 is 55.3 Å². The summed E-state index contributed by atoms with van der Waals surface area (Å²) in [6.45, 7) is 2.72. The predicted octanol–water partition coefficient (Wildman–Crippen LogP) is -2.43. The molecule has 12 heteroatoms. The van der Waals surface area contributed by atoms with Crippen molar-refractivity contribution in [1.82, 2.24) is 10.6 Å². The Morgan fingerprint density at radius 1 is 1.00 bits per heavy atom. The number of rotatable bonds is 6. The fraction of sp³-hybridized carbons (Fsp3) is 1.00. The number of hydroxylamine groups is 2. The van der Waals surface area contributed by atoms with Gasteiger partial charge < -0.3 is 20.4 Å². The van der Waals surface area contributed by atoms with Crippen molar-refractivity contribution < 1.29 is 76.1 Å². The second-order valence-electron chi connectivity index (χ2n) is 5.79. The van der Waals surface area contributed by atoms with Crippen LogP contribution < -0.4 is 0 Å². The van der Waals surface area contributed by atoms with Crippen LogP contribution in [0, 0.1) is 37.0 Å². The molecule has 0 aliphatic carbocycles. The maximum atomic E-state index is 10.2. The summed E-state index contributed by atoms with van der Waals surface area (Å²) < 4.78 is 0. The van der Waals surface area contributed by atoms with Gasteiger partial charge in [0.1, 0.15) is 42.7 Å². The van der Waals surface area contributed by atoms with Gasteiger partial charge in [0, 0.05) is 44.1 Å². The van der Waals surface area contributed by atoms with Gasteiger partial charge in [-0.1, -0.05) is 12.2 Å². The zero-order valence-electron chi connectivity index (χ0n) is 13.6. The zero-order valence-corrected chi connectivity index (χ0v) is 17.8. The van der Waals surface area contributed by atoms with E-state index in [0.29, 0.717) is 0 Å². The van der Waals surface area contributed by atoms with Gasteiger partial charge in [-0.25, -0.2) is 9.68 Å². The van der Waals surface area contributed by atoms with Gasteiger partial charge in [0.15, 0.2) is 0 Å². The first kappa shape index (κ1) is 22.7. The van der Waals surface area contributed by atoms with Crippen LogP contribution in [0.15, 0.2) is 0 Å². The minimum Gasteiger partial charge on any atom is -0.394 e. The Hall–Kier alpha value is 0.612. The van der Waals surface area contributed by atoms with E-state index in [2.05, 4.69) is 0 Å². The van der Waals surface area contributed by atoms with Crippen molar-refractivity contribution in [3.63, 3.8) is 0 Å². The van der Waals surface area contributed by atoms with Crippen LogP contribution in [0.3, 0.4) is 0 Å². The number of nitrogens with zero attached hydrogens (tertiary/aromatic N) is 2. The first-order chi connectivity index (χ1) is 10.8. The van der Waals surface area contributed by atoms with Crippen molar-refractivity contribution in [2.75, 3.05) is 13.7 Å². The van der Waals surface area contributed by atoms with Gasteiger partial charge in [-0.15, -0.1) is 0 Å². The van der Waals surface area contributed by atoms with E-state index in [1.807, 2.05) is 0 Å². The van der Waals surface area contributed by atoms with Gasteiger partial charge in [-0.2, -0.15) is 0 Å². The molecule has 0 amide bonds. The molecule has 0 aromatic heterocycles. The van der Waals surface area contributed by atoms with Crippen LogP contribution in [0.4, 0.5) is 0 Å². The fourth-order valence-electron chi connectivity index (χ4n) is 2.80. The quantitative estimate of drug-likeness (QED) is 0.230. The smallest absolute Gasteiger partial charge is 0.139 e. The number of aliphatic hydroxyl groups excluding tert-OH is 4. The van der Waals surface area contributed by atoms with Crippen LogP contribution in [-0.2, 0) is 19.4 Å². The van der Waals surface area contributed by atoms with Crippen molar-refractivity contribution in [3.05, 3.63) is 0 Å². The molecule has 0 bridgehead atoms. The molecule has 140 valence electrons. The molecule has 2 fully saturated rings. The third-order valence-corrected chi connectivity index (χ3v) is 4.10. The molecule has 0 aromatic carbocycles. The first-order valence-corrected chi connectivity index (χ1v) is 7.31. The van der Waals surface area contributed by atoms with Crippen molar-refractivity contribution >= 4 is 0 Å². The Morgan fingerprint density at radius 2 is 1.58 bits per heavy atom. The van der Waals surface area contributed by atoms with Gasteiger partial charge in [0.25, 0.3) is 0 Å². The van der Waals surface area contributed by atoms with Crippen molar-refractivity contribution in [3.8, 4) is 0 Å². The van der Waals surface area contributed by atoms with Crippen LogP contribution >= 0.6 is 0 Å². The molecule has 0 radical (unpaired) electrons. The minimum absolute atomic E-state index is 0. The van der Waals surface area contributed by atoms with E-state index in [1.54, 1.807) is 13.8 Å². The molecular formula is C12H24N2O9U. The van der Waals surface area contributed by atoms with Gasteiger partial charge in [-0.05, 0) is 6.92 Å². The van der Waals surface area contributed by atoms with Crippen LogP contribution in [0.25, 0.3) is 0 Å². The third kappa shape index (κ3) is 4.86. The fourth-order valence-corrected chi connectivity index (χ4v) is 2.80. The molecule has 2 heterocycles. The number of aliphatic hydroxyl groups is 4. The SMILES string of the molecule is CC1ON(O)OC1C(C)C1ON(C)OC1C(O)C(O)C(O)CO.[U]. The maximum absolute atomic E-state index is 10.2. The van der Waals surface area contributed by atoms with E-state index in [0.717, 1.165) is 5.23 Å². The summed E-state index contributed by atoms with van der Waals surface area (Å²) in [4.78, 5) is 20.9. The molecule has 0 saturated carbocycles. The Labute approximate surface area is 162 Å². The Bertz CT molecular complexity index is 396. The molecule has 5 N–H and O–H groups in total. The van der Waals surface area contributed by atoms with Gasteiger partial charge >= 0.3 is 0 Å². The molecular weight excluding hydrogens is 554 g/mol. The second-order valence-corrected chi connectivity index (χ2v) is 5.79. The molecule has 2 aliphatic rings. The zero-order chi connectivity index (χ0) is 17.3. The van der Waals surface area contributed by atoms with Crippen molar-refractivity contribution in [2.45, 2.75) is 56.6 Å². The Balaban J connectivity index is 0.00000288. The van der Waals surface area contributed by atoms with E-state index >= 15 is 0 Å². The summed E-state index contributed by atoms with van der Waals surface area (Å²) in [5.74, 6) is -0.412. The molecule has 2 aliphatic heterocycles. The summed E-state index contributed by atoms with van der Waals surface area (Å²) in [6.07, 6.45) is -7.49. The van der Waals surface area contributed by atoms with E-state index in [4.69, 9.17) is 24.5 Å². The minimum atomic E-state index is -1.62. The molecule has 8 atom stereocenters. The number of hydrogen-bond donors (Lipinski definition) is 5. The average Bonchev–Trinajstić information content (AvgIpc) is 3.06. The van der Waals surface area contributed by atoms with Gasteiger partial charge in [0.05, 0.1) is 12.0 Å². The number of hydrogen-bond acceptors (Lipinski definition) is 11. The topological polar surface area (TPSA) is 145 Å². The van der Waals surface area contributed by atoms with E-state index in [-0.39, 0.29) is 36.5 Å². The summed E-state index contributed by atoms with van der Waals surface area (Å²) in [6, 6.07) is 0. The van der Waals surface area contributed by atoms with Crippen LogP contribution in [-0.4, -0.2) is 92.6 Å². The average molecular weight is 578 g/mol. The van der Waals surface area contributed by atoms with Crippen molar-refractivity contribution in [1.29, 1.82) is 0 Å². The monoisotopic (exact) mass is 578 g/mol. The summed E-state index contributed by atoms with van der Waals surface area (Å²) >= 11 is 0. The summed E-state index contributed by atoms with van der Waals surface area (Å²) in [7, 11) is 1.47. The molecule has 0 aromatic rings. The Kier molecular flexibility index (Phi) is 8.99. The molecule has 11 nitrogen and oxygen atoms in total. The largest absolute Gasteiger partial charge is 0.394 e. The van der Waals surface area contributed by atoms with Gasteiger partial charge in [-0.3, -0.25) is 14.9 Å². The Morgan fingerprint density at radius 3 is 2.08 bits per heavy atom. The standard InChI is InChI=1S/C12H24N2O9.U/c1-5(10-6(2)20-14(19)23-10)11-12(22-13(3)21-11)9(18)8(17)7(16)4-15;/h5-12,15-19H,4H2,1-3H3;. The second kappa shape index (κ2) is 9.52. The van der Waals surface area contributed by atoms with Gasteiger partial charge in [0.2, 0.25) is 0 Å². The molecule has 2 rings (SSSR count). The molecule has 0 spiro atoms. The summed E-state index contributed by atoms with van der Waals surface area (Å²) in [5, 5.41) is 49.0. The van der Waals surface area contributed by atoms with E-state index in [9.17, 15) is 20.5 Å². The summed E-state index contributed by atoms with van der Waals surface area (Å²) in [5.41, 5.74) is 0. The maximum Gasteiger partial charge on any atom is 0.139 e. The van der Waals surface area contributed by atoms with Crippen molar-refractivity contribution in [2.24, 2.45) is 5.92 Å². The van der Waals surface area contributed by atoms with Crippen LogP contribution in [0.2, 0.25) is 0 Å².